The molecule has 8 heteroatoms. The zero-order chi connectivity index (χ0) is 17.1. The molecule has 0 unspecified atom stereocenters. The second-order valence-electron chi connectivity index (χ2n) is 5.25. The van der Waals surface area contributed by atoms with Gasteiger partial charge < -0.3 is 20.9 Å². The molecule has 2 heterocycles. The van der Waals surface area contributed by atoms with E-state index in [-0.39, 0.29) is 11.4 Å². The highest BCUT2D eigenvalue weighted by Crippen LogP contribution is 2.31. The van der Waals surface area contributed by atoms with E-state index in [1.165, 1.54) is 13.3 Å². The molecule has 1 aromatic carbocycles. The lowest BCUT2D eigenvalue weighted by Crippen LogP contribution is -2.25. The van der Waals surface area contributed by atoms with Gasteiger partial charge in [0.2, 0.25) is 5.88 Å². The number of carbonyl (C=O) groups is 1. The first-order valence-corrected chi connectivity index (χ1v) is 7.53. The van der Waals surface area contributed by atoms with Crippen LogP contribution in [0.1, 0.15) is 28.4 Å². The van der Waals surface area contributed by atoms with Crippen molar-refractivity contribution in [1.29, 1.82) is 0 Å². The highest BCUT2D eigenvalue weighted by Gasteiger charge is 2.18. The molecule has 1 aromatic heterocycles. The normalized spacial score (nSPS) is 12.1. The summed E-state index contributed by atoms with van der Waals surface area (Å²) in [7, 11) is 1.32. The number of nitrogens with one attached hydrogen (secondary N) is 4. The molecule has 0 saturated carbocycles. The highest BCUT2D eigenvalue weighted by molar-refractivity contribution is 5.94. The summed E-state index contributed by atoms with van der Waals surface area (Å²) < 4.78 is 18.4. The molecule has 126 valence electrons. The molecule has 0 saturated heterocycles. The van der Waals surface area contributed by atoms with Crippen molar-refractivity contribution in [3.63, 3.8) is 0 Å². The molecule has 24 heavy (non-hydrogen) atoms. The largest absolute Gasteiger partial charge is 0.479 e. The van der Waals surface area contributed by atoms with Crippen LogP contribution in [0, 0.1) is 5.82 Å². The standard InChI is InChI=1S/C16H18FN5O2/c1-3-9-4-5-13-14(21-22-20-13)11(9)8-18-15(23)10-6-12(17)16(24-2)19-7-10/h4-7,20-22H,3,8H2,1-2H3,(H,18,23). The van der Waals surface area contributed by atoms with E-state index < -0.39 is 11.7 Å². The monoisotopic (exact) mass is 331 g/mol. The Morgan fingerprint density at radius 1 is 1.38 bits per heavy atom. The molecular formula is C16H18FN5O2. The van der Waals surface area contributed by atoms with Crippen LogP contribution >= 0.6 is 0 Å². The number of hydrazine groups is 2. The second-order valence-corrected chi connectivity index (χ2v) is 5.25. The third-order valence-electron chi connectivity index (χ3n) is 3.86. The Bertz CT molecular complexity index is 781. The van der Waals surface area contributed by atoms with Gasteiger partial charge in [-0.3, -0.25) is 4.79 Å². The number of rotatable bonds is 5. The third kappa shape index (κ3) is 2.95. The topological polar surface area (TPSA) is 87.3 Å². The van der Waals surface area contributed by atoms with Crippen molar-refractivity contribution < 1.29 is 13.9 Å². The average molecular weight is 331 g/mol. The van der Waals surface area contributed by atoms with E-state index in [1.807, 2.05) is 19.1 Å². The Morgan fingerprint density at radius 3 is 2.92 bits per heavy atom. The van der Waals surface area contributed by atoms with Crippen LogP contribution in [-0.4, -0.2) is 18.0 Å². The fraction of sp³-hybridized carbons (Fsp3) is 0.250. The Labute approximate surface area is 138 Å². The van der Waals surface area contributed by atoms with Crippen molar-refractivity contribution in [2.75, 3.05) is 18.0 Å². The number of anilines is 2. The molecule has 0 radical (unpaired) electrons. The first kappa shape index (κ1) is 16.0. The van der Waals surface area contributed by atoms with Gasteiger partial charge in [-0.25, -0.2) is 9.37 Å². The van der Waals surface area contributed by atoms with Crippen molar-refractivity contribution in [2.45, 2.75) is 19.9 Å². The lowest BCUT2D eigenvalue weighted by molar-refractivity contribution is 0.0950. The summed E-state index contributed by atoms with van der Waals surface area (Å²) >= 11 is 0. The summed E-state index contributed by atoms with van der Waals surface area (Å²) in [6, 6.07) is 5.09. The number of amides is 1. The Balaban J connectivity index is 1.77. The maximum absolute atomic E-state index is 13.7. The molecule has 7 nitrogen and oxygen atoms in total. The molecule has 0 fully saturated rings. The summed E-state index contributed by atoms with van der Waals surface area (Å²) in [5, 5.41) is 2.80. The van der Waals surface area contributed by atoms with Crippen LogP contribution in [0.3, 0.4) is 0 Å². The summed E-state index contributed by atoms with van der Waals surface area (Å²) in [6.45, 7) is 2.36. The highest BCUT2D eigenvalue weighted by atomic mass is 19.1. The number of nitrogens with zero attached hydrogens (tertiary/aromatic N) is 1. The van der Waals surface area contributed by atoms with Crippen molar-refractivity contribution in [3.05, 3.63) is 46.9 Å². The SMILES string of the molecule is CCc1ccc2c(c1CNC(=O)c1cnc(OC)c(F)c1)NNN2. The molecule has 0 atom stereocenters. The number of methoxy groups -OCH3 is 1. The molecule has 0 bridgehead atoms. The van der Waals surface area contributed by atoms with Gasteiger partial charge in [-0.15, -0.1) is 5.53 Å². The van der Waals surface area contributed by atoms with Gasteiger partial charge in [0.15, 0.2) is 5.82 Å². The van der Waals surface area contributed by atoms with Gasteiger partial charge in [-0.2, -0.15) is 0 Å². The van der Waals surface area contributed by atoms with Gasteiger partial charge in [0.05, 0.1) is 24.0 Å². The average Bonchev–Trinajstić information content (AvgIpc) is 3.08. The van der Waals surface area contributed by atoms with Crippen molar-refractivity contribution in [2.24, 2.45) is 0 Å². The third-order valence-corrected chi connectivity index (χ3v) is 3.86. The number of pyridine rings is 1. The van der Waals surface area contributed by atoms with Crippen LogP contribution in [0.4, 0.5) is 15.8 Å². The van der Waals surface area contributed by atoms with Gasteiger partial charge in [-0.05, 0) is 24.1 Å². The number of aromatic nitrogens is 1. The lowest BCUT2D eigenvalue weighted by Gasteiger charge is -2.13. The number of ether oxygens (including phenoxy) is 1. The molecule has 3 rings (SSSR count). The summed E-state index contributed by atoms with van der Waals surface area (Å²) in [6.07, 6.45) is 2.12. The van der Waals surface area contributed by atoms with E-state index in [9.17, 15) is 9.18 Å². The minimum atomic E-state index is -0.671. The fourth-order valence-corrected chi connectivity index (χ4v) is 2.60. The van der Waals surface area contributed by atoms with E-state index >= 15 is 0 Å². The molecule has 0 aliphatic carbocycles. The zero-order valence-electron chi connectivity index (χ0n) is 13.4. The predicted octanol–water partition coefficient (Wildman–Crippen LogP) is 1.98. The van der Waals surface area contributed by atoms with E-state index in [0.717, 1.165) is 35.0 Å². The van der Waals surface area contributed by atoms with Crippen LogP contribution in [0.25, 0.3) is 0 Å². The predicted molar refractivity (Wildman–Crippen MR) is 88.1 cm³/mol. The minimum absolute atomic E-state index is 0.137. The smallest absolute Gasteiger partial charge is 0.253 e. The molecule has 2 aromatic rings. The zero-order valence-corrected chi connectivity index (χ0v) is 13.4. The lowest BCUT2D eigenvalue weighted by atomic mass is 10.0. The summed E-state index contributed by atoms with van der Waals surface area (Å²) in [4.78, 5) is 16.0. The number of fused-ring (bicyclic) bond motifs is 1. The van der Waals surface area contributed by atoms with Gasteiger partial charge in [0, 0.05) is 18.3 Å². The molecular weight excluding hydrogens is 313 g/mol. The number of halogens is 1. The van der Waals surface area contributed by atoms with Crippen LogP contribution in [0.2, 0.25) is 0 Å². The van der Waals surface area contributed by atoms with Crippen molar-refractivity contribution >= 4 is 17.3 Å². The van der Waals surface area contributed by atoms with Crippen LogP contribution in [0.5, 0.6) is 5.88 Å². The molecule has 1 aliphatic heterocycles. The minimum Gasteiger partial charge on any atom is -0.479 e. The Hall–Kier alpha value is -2.87. The number of hydrogen-bond acceptors (Lipinski definition) is 6. The second kappa shape index (κ2) is 6.71. The number of aryl methyl sites for hydroxylation is 1. The van der Waals surface area contributed by atoms with Gasteiger partial charge in [-0.1, -0.05) is 13.0 Å². The van der Waals surface area contributed by atoms with Crippen LogP contribution in [-0.2, 0) is 13.0 Å². The first-order valence-electron chi connectivity index (χ1n) is 7.53. The van der Waals surface area contributed by atoms with E-state index in [4.69, 9.17) is 4.74 Å². The van der Waals surface area contributed by atoms with Crippen molar-refractivity contribution in [1.82, 2.24) is 15.8 Å². The van der Waals surface area contributed by atoms with E-state index in [0.29, 0.717) is 6.54 Å². The van der Waals surface area contributed by atoms with Gasteiger partial charge in [0.1, 0.15) is 0 Å². The summed E-state index contributed by atoms with van der Waals surface area (Å²) in [5.41, 5.74) is 12.9. The maximum atomic E-state index is 13.7. The number of hydrogen-bond donors (Lipinski definition) is 4. The summed E-state index contributed by atoms with van der Waals surface area (Å²) in [5.74, 6) is -1.21. The Kier molecular flexibility index (Phi) is 4.48. The molecule has 0 spiro atoms. The molecule has 1 aliphatic rings. The number of carbonyl (C=O) groups excluding carboxylic acids is 1. The van der Waals surface area contributed by atoms with E-state index in [2.05, 4.69) is 26.7 Å². The maximum Gasteiger partial charge on any atom is 0.253 e. The molecule has 4 N–H and O–H groups in total. The van der Waals surface area contributed by atoms with Crippen molar-refractivity contribution in [3.8, 4) is 5.88 Å². The Morgan fingerprint density at radius 2 is 2.21 bits per heavy atom. The van der Waals surface area contributed by atoms with Crippen LogP contribution in [0.15, 0.2) is 24.4 Å². The quantitative estimate of drug-likeness (QED) is 0.670. The van der Waals surface area contributed by atoms with E-state index in [1.54, 1.807) is 0 Å². The van der Waals surface area contributed by atoms with Gasteiger partial charge >= 0.3 is 0 Å². The van der Waals surface area contributed by atoms with Gasteiger partial charge in [0.25, 0.3) is 5.91 Å². The van der Waals surface area contributed by atoms with Crippen LogP contribution < -0.4 is 26.4 Å². The number of benzene rings is 1. The first-order chi connectivity index (χ1) is 11.6. The molecule has 1 amide bonds. The fourth-order valence-electron chi connectivity index (χ4n) is 2.60.